The fraction of sp³-hybridized carbons (Fsp3) is 0.636. The van der Waals surface area contributed by atoms with Crippen molar-refractivity contribution in [2.24, 2.45) is 5.92 Å². The minimum Gasteiger partial charge on any atom is -0.476 e. The van der Waals surface area contributed by atoms with Crippen molar-refractivity contribution in [3.8, 4) is 5.88 Å². The summed E-state index contributed by atoms with van der Waals surface area (Å²) in [4.78, 5) is 0. The molecule has 0 aromatic carbocycles. The van der Waals surface area contributed by atoms with E-state index in [1.54, 1.807) is 0 Å². The summed E-state index contributed by atoms with van der Waals surface area (Å²) >= 11 is 0. The summed E-state index contributed by atoms with van der Waals surface area (Å²) in [5.41, 5.74) is -1.01. The van der Waals surface area contributed by atoms with Crippen molar-refractivity contribution in [1.29, 1.82) is 0 Å². The van der Waals surface area contributed by atoms with Crippen LogP contribution in [0.3, 0.4) is 0 Å². The predicted molar refractivity (Wildman–Crippen MR) is 58.1 cm³/mol. The summed E-state index contributed by atoms with van der Waals surface area (Å²) < 4.78 is 42.1. The van der Waals surface area contributed by atoms with Crippen LogP contribution in [-0.4, -0.2) is 29.9 Å². The molecule has 1 atom stereocenters. The number of piperidine rings is 1. The normalized spacial score (nSPS) is 20.7. The van der Waals surface area contributed by atoms with Gasteiger partial charge in [-0.1, -0.05) is 0 Å². The number of halogens is 3. The molecule has 0 spiro atoms. The highest BCUT2D eigenvalue weighted by molar-refractivity contribution is 5.13. The van der Waals surface area contributed by atoms with Gasteiger partial charge in [-0.25, -0.2) is 0 Å². The maximum atomic E-state index is 12.2. The molecule has 7 heteroatoms. The van der Waals surface area contributed by atoms with Crippen LogP contribution in [0, 0.1) is 5.92 Å². The molecule has 0 radical (unpaired) electrons. The highest BCUT2D eigenvalue weighted by Gasteiger charge is 2.33. The summed E-state index contributed by atoms with van der Waals surface area (Å²) in [7, 11) is 0. The van der Waals surface area contributed by atoms with E-state index in [1.165, 1.54) is 6.07 Å². The Balaban J connectivity index is 1.86. The SMILES string of the molecule is FC(F)(F)c1ccc(OCC2CCCNC2)nn1. The average molecular weight is 261 g/mol. The Hall–Kier alpha value is -1.37. The fourth-order valence-corrected chi connectivity index (χ4v) is 1.82. The first-order valence-corrected chi connectivity index (χ1v) is 5.80. The summed E-state index contributed by atoms with van der Waals surface area (Å²) in [6, 6.07) is 2.08. The van der Waals surface area contributed by atoms with Gasteiger partial charge >= 0.3 is 6.18 Å². The molecular formula is C11H14F3N3O. The molecule has 0 bridgehead atoms. The van der Waals surface area contributed by atoms with Crippen LogP contribution < -0.4 is 10.1 Å². The van der Waals surface area contributed by atoms with Gasteiger partial charge in [0.1, 0.15) is 0 Å². The van der Waals surface area contributed by atoms with Crippen LogP contribution in [0.1, 0.15) is 18.5 Å². The summed E-state index contributed by atoms with van der Waals surface area (Å²) in [6.07, 6.45) is -2.31. The van der Waals surface area contributed by atoms with E-state index < -0.39 is 11.9 Å². The Morgan fingerprint density at radius 1 is 1.33 bits per heavy atom. The maximum Gasteiger partial charge on any atom is 0.435 e. The second kappa shape index (κ2) is 5.51. The highest BCUT2D eigenvalue weighted by atomic mass is 19.4. The second-order valence-electron chi connectivity index (χ2n) is 4.28. The molecule has 1 aliphatic rings. The number of alkyl halides is 3. The van der Waals surface area contributed by atoms with Gasteiger partial charge in [-0.05, 0) is 25.5 Å². The van der Waals surface area contributed by atoms with Gasteiger partial charge < -0.3 is 10.1 Å². The fourth-order valence-electron chi connectivity index (χ4n) is 1.82. The van der Waals surface area contributed by atoms with Crippen molar-refractivity contribution in [2.75, 3.05) is 19.7 Å². The number of rotatable bonds is 3. The number of nitrogens with one attached hydrogen (secondary N) is 1. The zero-order chi connectivity index (χ0) is 13.0. The Kier molecular flexibility index (Phi) is 4.00. The van der Waals surface area contributed by atoms with Crippen LogP contribution in [0.4, 0.5) is 13.2 Å². The molecule has 1 unspecified atom stereocenters. The lowest BCUT2D eigenvalue weighted by Crippen LogP contribution is -2.33. The van der Waals surface area contributed by atoms with E-state index in [2.05, 4.69) is 15.5 Å². The first kappa shape index (κ1) is 13.1. The number of aromatic nitrogens is 2. The number of nitrogens with zero attached hydrogens (tertiary/aromatic N) is 2. The van der Waals surface area contributed by atoms with Gasteiger partial charge in [-0.15, -0.1) is 10.2 Å². The van der Waals surface area contributed by atoms with Crippen molar-refractivity contribution in [3.63, 3.8) is 0 Å². The molecule has 100 valence electrons. The molecule has 2 rings (SSSR count). The molecule has 1 aliphatic heterocycles. The lowest BCUT2D eigenvalue weighted by Gasteiger charge is -2.22. The van der Waals surface area contributed by atoms with Gasteiger partial charge in [0.2, 0.25) is 5.88 Å². The zero-order valence-corrected chi connectivity index (χ0v) is 9.70. The monoisotopic (exact) mass is 261 g/mol. The van der Waals surface area contributed by atoms with E-state index in [9.17, 15) is 13.2 Å². The quantitative estimate of drug-likeness (QED) is 0.902. The first-order chi connectivity index (χ1) is 8.55. The van der Waals surface area contributed by atoms with Gasteiger partial charge in [0.25, 0.3) is 0 Å². The third kappa shape index (κ3) is 3.56. The Morgan fingerprint density at radius 2 is 2.17 bits per heavy atom. The molecule has 1 fully saturated rings. The van der Waals surface area contributed by atoms with Gasteiger partial charge in [-0.2, -0.15) is 13.2 Å². The van der Waals surface area contributed by atoms with Gasteiger partial charge in [0, 0.05) is 18.5 Å². The van der Waals surface area contributed by atoms with Crippen molar-refractivity contribution < 1.29 is 17.9 Å². The minimum atomic E-state index is -4.46. The van der Waals surface area contributed by atoms with Crippen LogP contribution in [0.15, 0.2) is 12.1 Å². The minimum absolute atomic E-state index is 0.133. The van der Waals surface area contributed by atoms with E-state index in [4.69, 9.17) is 4.74 Å². The van der Waals surface area contributed by atoms with Crippen molar-refractivity contribution in [2.45, 2.75) is 19.0 Å². The van der Waals surface area contributed by atoms with E-state index in [0.717, 1.165) is 32.0 Å². The third-order valence-corrected chi connectivity index (χ3v) is 2.80. The van der Waals surface area contributed by atoms with Crippen molar-refractivity contribution in [1.82, 2.24) is 15.5 Å². The summed E-state index contributed by atoms with van der Waals surface area (Å²) in [5.74, 6) is 0.511. The summed E-state index contributed by atoms with van der Waals surface area (Å²) in [6.45, 7) is 2.33. The molecule has 1 aromatic heterocycles. The number of hydrogen-bond acceptors (Lipinski definition) is 4. The molecule has 18 heavy (non-hydrogen) atoms. The van der Waals surface area contributed by atoms with Crippen molar-refractivity contribution in [3.05, 3.63) is 17.8 Å². The van der Waals surface area contributed by atoms with Gasteiger partial charge in [-0.3, -0.25) is 0 Å². The van der Waals surface area contributed by atoms with E-state index in [-0.39, 0.29) is 5.88 Å². The molecule has 1 aromatic rings. The standard InChI is InChI=1S/C11H14F3N3O/c12-11(13,14)9-3-4-10(17-16-9)18-7-8-2-1-5-15-6-8/h3-4,8,15H,1-2,5-7H2. The van der Waals surface area contributed by atoms with Crippen LogP contribution in [0.5, 0.6) is 5.88 Å². The predicted octanol–water partition coefficient (Wildman–Crippen LogP) is 1.87. The zero-order valence-electron chi connectivity index (χ0n) is 9.70. The van der Waals surface area contributed by atoms with Crippen LogP contribution in [0.25, 0.3) is 0 Å². The van der Waals surface area contributed by atoms with Gasteiger partial charge in [0.15, 0.2) is 5.69 Å². The van der Waals surface area contributed by atoms with E-state index in [0.29, 0.717) is 12.5 Å². The third-order valence-electron chi connectivity index (χ3n) is 2.80. The van der Waals surface area contributed by atoms with Crippen LogP contribution >= 0.6 is 0 Å². The number of hydrogen-bond donors (Lipinski definition) is 1. The average Bonchev–Trinajstić information content (AvgIpc) is 2.37. The molecule has 1 N–H and O–H groups in total. The maximum absolute atomic E-state index is 12.2. The Labute approximate surface area is 103 Å². The molecule has 0 amide bonds. The van der Waals surface area contributed by atoms with Crippen molar-refractivity contribution >= 4 is 0 Å². The lowest BCUT2D eigenvalue weighted by atomic mass is 10.0. The van der Waals surface area contributed by atoms with Crippen LogP contribution in [-0.2, 0) is 6.18 Å². The number of ether oxygens (including phenoxy) is 1. The Bertz CT molecular complexity index is 374. The highest BCUT2D eigenvalue weighted by Crippen LogP contribution is 2.27. The second-order valence-corrected chi connectivity index (χ2v) is 4.28. The molecule has 2 heterocycles. The molecule has 0 aliphatic carbocycles. The Morgan fingerprint density at radius 3 is 2.72 bits per heavy atom. The lowest BCUT2D eigenvalue weighted by molar-refractivity contribution is -0.141. The molecule has 0 saturated carbocycles. The topological polar surface area (TPSA) is 47.0 Å². The van der Waals surface area contributed by atoms with E-state index >= 15 is 0 Å². The molecule has 1 saturated heterocycles. The largest absolute Gasteiger partial charge is 0.476 e. The summed E-state index contributed by atoms with van der Waals surface area (Å²) in [5, 5.41) is 9.75. The van der Waals surface area contributed by atoms with E-state index in [1.807, 2.05) is 0 Å². The smallest absolute Gasteiger partial charge is 0.435 e. The molecule has 4 nitrogen and oxygen atoms in total. The molecular weight excluding hydrogens is 247 g/mol. The first-order valence-electron chi connectivity index (χ1n) is 5.80. The van der Waals surface area contributed by atoms with Crippen LogP contribution in [0.2, 0.25) is 0 Å². The van der Waals surface area contributed by atoms with Gasteiger partial charge in [0.05, 0.1) is 6.61 Å².